The highest BCUT2D eigenvalue weighted by Crippen LogP contribution is 2.12. The lowest BCUT2D eigenvalue weighted by atomic mass is 10.1. The van der Waals surface area contributed by atoms with Gasteiger partial charge in [0.05, 0.1) is 0 Å². The van der Waals surface area contributed by atoms with Crippen molar-refractivity contribution < 1.29 is 14.7 Å². The molecule has 0 bridgehead atoms. The number of anilines is 1. The van der Waals surface area contributed by atoms with Crippen LogP contribution in [0.2, 0.25) is 0 Å². The lowest BCUT2D eigenvalue weighted by molar-refractivity contribution is -0.136. The van der Waals surface area contributed by atoms with Crippen LogP contribution in [0.5, 0.6) is 0 Å². The molecule has 2 rings (SSSR count). The molecule has 0 aliphatic rings. The highest BCUT2D eigenvalue weighted by molar-refractivity contribution is 6.01. The number of aliphatic carboxylic acids is 1. The molecule has 0 radical (unpaired) electrons. The van der Waals surface area contributed by atoms with E-state index in [0.717, 1.165) is 5.56 Å². The molecule has 1 heterocycles. The van der Waals surface area contributed by atoms with Gasteiger partial charge in [-0.05, 0) is 29.3 Å². The summed E-state index contributed by atoms with van der Waals surface area (Å²) in [6.45, 7) is 0. The van der Waals surface area contributed by atoms with Crippen molar-refractivity contribution in [2.24, 2.45) is 0 Å². The molecule has 2 aromatic rings. The van der Waals surface area contributed by atoms with Gasteiger partial charge in [0.15, 0.2) is 0 Å². The van der Waals surface area contributed by atoms with Gasteiger partial charge in [-0.1, -0.05) is 12.1 Å². The van der Waals surface area contributed by atoms with E-state index in [1.54, 1.807) is 24.3 Å². The minimum atomic E-state index is -0.860. The first-order valence-corrected chi connectivity index (χ1v) is 5.50. The van der Waals surface area contributed by atoms with Crippen molar-refractivity contribution in [3.05, 3.63) is 35.7 Å². The Hall–Kier alpha value is -2.77. The Kier molecular flexibility index (Phi) is 3.81. The molecule has 0 aliphatic heterocycles. The molecule has 8 nitrogen and oxygen atoms in total. The topological polar surface area (TPSA) is 121 Å². The summed E-state index contributed by atoms with van der Waals surface area (Å²) in [5, 5.41) is 23.8. The number of hydrogen-bond acceptors (Lipinski definition) is 5. The average molecular weight is 261 g/mol. The first kappa shape index (κ1) is 12.7. The van der Waals surface area contributed by atoms with Crippen LogP contribution in [0.1, 0.15) is 22.6 Å². The number of hydrogen-bond donors (Lipinski definition) is 3. The van der Waals surface area contributed by atoms with Gasteiger partial charge in [0.25, 0.3) is 11.7 Å². The number of rotatable bonds is 5. The molecule has 1 aromatic heterocycles. The minimum absolute atomic E-state index is 0.0439. The quantitative estimate of drug-likeness (QED) is 0.719. The number of aromatic amines is 1. The number of carboxylic acid groups (broad SMARTS) is 1. The summed E-state index contributed by atoms with van der Waals surface area (Å²) in [5.74, 6) is -1.40. The molecule has 98 valence electrons. The van der Waals surface area contributed by atoms with Crippen LogP contribution in [0.15, 0.2) is 24.3 Å². The fraction of sp³-hybridized carbons (Fsp3) is 0.182. The molecule has 0 saturated heterocycles. The maximum Gasteiger partial charge on any atom is 0.303 e. The average Bonchev–Trinajstić information content (AvgIpc) is 2.91. The number of H-pyrrole nitrogens is 1. The monoisotopic (exact) mass is 261 g/mol. The van der Waals surface area contributed by atoms with Gasteiger partial charge in [-0.2, -0.15) is 5.21 Å². The largest absolute Gasteiger partial charge is 0.481 e. The van der Waals surface area contributed by atoms with Crippen LogP contribution in [-0.2, 0) is 11.2 Å². The van der Waals surface area contributed by atoms with Gasteiger partial charge in [0.2, 0.25) is 0 Å². The van der Waals surface area contributed by atoms with Crippen LogP contribution in [0.3, 0.4) is 0 Å². The van der Waals surface area contributed by atoms with Gasteiger partial charge < -0.3 is 10.4 Å². The van der Waals surface area contributed by atoms with Crippen LogP contribution in [-0.4, -0.2) is 37.6 Å². The van der Waals surface area contributed by atoms with Gasteiger partial charge in [0, 0.05) is 12.1 Å². The normalized spacial score (nSPS) is 10.1. The van der Waals surface area contributed by atoms with Crippen LogP contribution in [0.4, 0.5) is 5.69 Å². The minimum Gasteiger partial charge on any atom is -0.481 e. The van der Waals surface area contributed by atoms with Crippen LogP contribution >= 0.6 is 0 Å². The second-order valence-corrected chi connectivity index (χ2v) is 3.78. The summed E-state index contributed by atoms with van der Waals surface area (Å²) in [7, 11) is 0. The molecular formula is C11H11N5O3. The van der Waals surface area contributed by atoms with Crippen molar-refractivity contribution in [1.29, 1.82) is 0 Å². The molecule has 0 spiro atoms. The number of nitrogens with zero attached hydrogens (tertiary/aromatic N) is 3. The van der Waals surface area contributed by atoms with Crippen molar-refractivity contribution in [2.75, 3.05) is 5.32 Å². The third kappa shape index (κ3) is 3.60. The second kappa shape index (κ2) is 5.71. The Balaban J connectivity index is 2.02. The Morgan fingerprint density at radius 2 is 2.21 bits per heavy atom. The zero-order chi connectivity index (χ0) is 13.7. The SMILES string of the molecule is O=C(O)CCc1cccc(NC(=O)c2nn[nH]n2)c1. The predicted molar refractivity (Wildman–Crippen MR) is 64.5 cm³/mol. The van der Waals surface area contributed by atoms with E-state index in [-0.39, 0.29) is 12.2 Å². The number of benzene rings is 1. The molecule has 0 saturated carbocycles. The number of nitrogens with one attached hydrogen (secondary N) is 2. The maximum absolute atomic E-state index is 11.7. The Labute approximate surface area is 107 Å². The molecule has 8 heteroatoms. The van der Waals surface area contributed by atoms with Gasteiger partial charge >= 0.3 is 5.97 Å². The Morgan fingerprint density at radius 3 is 2.89 bits per heavy atom. The number of amides is 1. The first-order valence-electron chi connectivity index (χ1n) is 5.50. The van der Waals surface area contributed by atoms with E-state index in [0.29, 0.717) is 12.1 Å². The van der Waals surface area contributed by atoms with E-state index in [4.69, 9.17) is 5.11 Å². The summed E-state index contributed by atoms with van der Waals surface area (Å²) in [4.78, 5) is 22.2. The number of carboxylic acids is 1. The van der Waals surface area contributed by atoms with Gasteiger partial charge in [-0.25, -0.2) is 0 Å². The summed E-state index contributed by atoms with van der Waals surface area (Å²) < 4.78 is 0. The smallest absolute Gasteiger partial charge is 0.303 e. The number of aryl methyl sites for hydroxylation is 1. The molecule has 3 N–H and O–H groups in total. The van der Waals surface area contributed by atoms with Crippen molar-refractivity contribution in [3.8, 4) is 0 Å². The molecule has 0 aliphatic carbocycles. The highest BCUT2D eigenvalue weighted by Gasteiger charge is 2.10. The number of aromatic nitrogens is 4. The van der Waals surface area contributed by atoms with Crippen molar-refractivity contribution in [1.82, 2.24) is 20.6 Å². The Bertz CT molecular complexity index is 582. The molecular weight excluding hydrogens is 250 g/mol. The van der Waals surface area contributed by atoms with Crippen molar-refractivity contribution >= 4 is 17.6 Å². The molecule has 0 fully saturated rings. The molecule has 1 amide bonds. The van der Waals surface area contributed by atoms with Gasteiger partial charge in [-0.15, -0.1) is 10.2 Å². The number of tetrazole rings is 1. The third-order valence-electron chi connectivity index (χ3n) is 2.36. The Morgan fingerprint density at radius 1 is 1.37 bits per heavy atom. The summed E-state index contributed by atoms with van der Waals surface area (Å²) in [6.07, 6.45) is 0.448. The van der Waals surface area contributed by atoms with E-state index in [1.165, 1.54) is 0 Å². The van der Waals surface area contributed by atoms with E-state index < -0.39 is 11.9 Å². The zero-order valence-electron chi connectivity index (χ0n) is 9.83. The highest BCUT2D eigenvalue weighted by atomic mass is 16.4. The molecule has 19 heavy (non-hydrogen) atoms. The lowest BCUT2D eigenvalue weighted by Crippen LogP contribution is -2.14. The van der Waals surface area contributed by atoms with Crippen molar-refractivity contribution in [2.45, 2.75) is 12.8 Å². The molecule has 0 atom stereocenters. The van der Waals surface area contributed by atoms with Gasteiger partial charge in [-0.3, -0.25) is 9.59 Å². The van der Waals surface area contributed by atoms with E-state index in [1.807, 2.05) is 0 Å². The fourth-order valence-electron chi connectivity index (χ4n) is 1.50. The summed E-state index contributed by atoms with van der Waals surface area (Å²) in [5.41, 5.74) is 1.38. The summed E-state index contributed by atoms with van der Waals surface area (Å²) in [6, 6.07) is 6.94. The number of carbonyl (C=O) groups excluding carboxylic acids is 1. The third-order valence-corrected chi connectivity index (χ3v) is 2.36. The first-order chi connectivity index (χ1) is 9.15. The van der Waals surface area contributed by atoms with Crippen LogP contribution in [0, 0.1) is 0 Å². The maximum atomic E-state index is 11.7. The van der Waals surface area contributed by atoms with E-state index in [2.05, 4.69) is 25.9 Å². The molecule has 1 aromatic carbocycles. The van der Waals surface area contributed by atoms with E-state index >= 15 is 0 Å². The predicted octanol–water partition coefficient (Wildman–Crippen LogP) is 0.469. The second-order valence-electron chi connectivity index (χ2n) is 3.78. The number of carbonyl (C=O) groups is 2. The zero-order valence-corrected chi connectivity index (χ0v) is 9.83. The standard InChI is InChI=1S/C11H11N5O3/c17-9(18)5-4-7-2-1-3-8(6-7)12-11(19)10-13-15-16-14-10/h1-3,6H,4-5H2,(H,12,19)(H,17,18)(H,13,14,15,16). The van der Waals surface area contributed by atoms with Gasteiger partial charge in [0.1, 0.15) is 0 Å². The van der Waals surface area contributed by atoms with E-state index in [9.17, 15) is 9.59 Å². The fourth-order valence-corrected chi connectivity index (χ4v) is 1.50. The lowest BCUT2D eigenvalue weighted by Gasteiger charge is -2.05. The van der Waals surface area contributed by atoms with Crippen LogP contribution in [0.25, 0.3) is 0 Å². The molecule has 0 unspecified atom stereocenters. The summed E-state index contributed by atoms with van der Waals surface area (Å²) >= 11 is 0. The van der Waals surface area contributed by atoms with Crippen molar-refractivity contribution in [3.63, 3.8) is 0 Å². The van der Waals surface area contributed by atoms with Crippen LogP contribution < -0.4 is 5.32 Å².